The molecule has 1 atom stereocenters. The molecule has 1 fully saturated rings. The topological polar surface area (TPSA) is 42.2 Å². The first-order valence-electron chi connectivity index (χ1n) is 8.14. The molecule has 2 heterocycles. The van der Waals surface area contributed by atoms with Crippen molar-refractivity contribution >= 4 is 11.6 Å². The average Bonchev–Trinajstić information content (AvgIpc) is 3.27. The fourth-order valence-electron chi connectivity index (χ4n) is 3.15. The van der Waals surface area contributed by atoms with Crippen LogP contribution in [0.25, 0.3) is 11.4 Å². The molecule has 0 radical (unpaired) electrons. The number of hydrogen-bond acceptors (Lipinski definition) is 4. The Bertz CT molecular complexity index is 818. The molecule has 1 unspecified atom stereocenters. The summed E-state index contributed by atoms with van der Waals surface area (Å²) >= 11 is 6.26. The molecule has 1 saturated heterocycles. The van der Waals surface area contributed by atoms with Gasteiger partial charge in [0.15, 0.2) is 0 Å². The van der Waals surface area contributed by atoms with Crippen LogP contribution in [0.2, 0.25) is 5.02 Å². The summed E-state index contributed by atoms with van der Waals surface area (Å²) in [6.45, 7) is 2.79. The molecule has 24 heavy (non-hydrogen) atoms. The van der Waals surface area contributed by atoms with E-state index in [0.717, 1.165) is 48.1 Å². The Hall–Kier alpha value is -2.17. The van der Waals surface area contributed by atoms with E-state index in [9.17, 15) is 0 Å². The van der Waals surface area contributed by atoms with Crippen molar-refractivity contribution in [2.45, 2.75) is 18.9 Å². The van der Waals surface area contributed by atoms with Crippen molar-refractivity contribution < 1.29 is 4.52 Å². The fraction of sp³-hybridized carbons (Fsp3) is 0.263. The molecule has 0 spiro atoms. The molecular weight excluding hydrogens is 322 g/mol. The highest BCUT2D eigenvalue weighted by atomic mass is 35.5. The van der Waals surface area contributed by atoms with Crippen LogP contribution >= 0.6 is 11.6 Å². The van der Waals surface area contributed by atoms with E-state index in [4.69, 9.17) is 16.1 Å². The minimum atomic E-state index is 0.289. The molecule has 1 aliphatic heterocycles. The van der Waals surface area contributed by atoms with Crippen molar-refractivity contribution in [1.29, 1.82) is 0 Å². The monoisotopic (exact) mass is 339 g/mol. The van der Waals surface area contributed by atoms with Crippen LogP contribution in [-0.2, 0) is 6.54 Å². The van der Waals surface area contributed by atoms with Crippen LogP contribution in [0.1, 0.15) is 23.8 Å². The lowest BCUT2D eigenvalue weighted by Crippen LogP contribution is -2.20. The van der Waals surface area contributed by atoms with Crippen LogP contribution in [0.4, 0.5) is 0 Å². The SMILES string of the molecule is Clc1ccccc1CN1CCC(c2nc(-c3ccccc3)no2)C1. The number of benzene rings is 2. The van der Waals surface area contributed by atoms with Gasteiger partial charge in [-0.15, -0.1) is 0 Å². The summed E-state index contributed by atoms with van der Waals surface area (Å²) in [5.74, 6) is 1.68. The smallest absolute Gasteiger partial charge is 0.231 e. The van der Waals surface area contributed by atoms with Gasteiger partial charge in [-0.1, -0.05) is 65.3 Å². The molecule has 5 heteroatoms. The van der Waals surface area contributed by atoms with Gasteiger partial charge in [0, 0.05) is 23.7 Å². The van der Waals surface area contributed by atoms with E-state index in [1.165, 1.54) is 0 Å². The third kappa shape index (κ3) is 3.21. The van der Waals surface area contributed by atoms with Crippen LogP contribution in [0.15, 0.2) is 59.1 Å². The molecule has 4 nitrogen and oxygen atoms in total. The summed E-state index contributed by atoms with van der Waals surface area (Å²) in [5, 5.41) is 4.95. The molecule has 1 aliphatic rings. The highest BCUT2D eigenvalue weighted by molar-refractivity contribution is 6.31. The molecule has 0 N–H and O–H groups in total. The van der Waals surface area contributed by atoms with E-state index in [1.54, 1.807) is 0 Å². The third-order valence-electron chi connectivity index (χ3n) is 4.45. The Morgan fingerprint density at radius 3 is 2.71 bits per heavy atom. The summed E-state index contributed by atoms with van der Waals surface area (Å²) in [5.41, 5.74) is 2.15. The number of nitrogens with zero attached hydrogens (tertiary/aromatic N) is 3. The van der Waals surface area contributed by atoms with Crippen molar-refractivity contribution in [2.24, 2.45) is 0 Å². The molecule has 1 aromatic heterocycles. The van der Waals surface area contributed by atoms with Gasteiger partial charge >= 0.3 is 0 Å². The molecular formula is C19H18ClN3O. The fourth-order valence-corrected chi connectivity index (χ4v) is 3.35. The molecule has 0 bridgehead atoms. The van der Waals surface area contributed by atoms with Gasteiger partial charge < -0.3 is 4.52 Å². The van der Waals surface area contributed by atoms with Gasteiger partial charge in [-0.05, 0) is 24.6 Å². The maximum Gasteiger partial charge on any atom is 0.231 e. The summed E-state index contributed by atoms with van der Waals surface area (Å²) in [6.07, 6.45) is 1.03. The van der Waals surface area contributed by atoms with E-state index in [0.29, 0.717) is 5.82 Å². The van der Waals surface area contributed by atoms with Crippen molar-refractivity contribution in [1.82, 2.24) is 15.0 Å². The van der Waals surface area contributed by atoms with Crippen LogP contribution < -0.4 is 0 Å². The normalized spacial score (nSPS) is 18.1. The van der Waals surface area contributed by atoms with Crippen LogP contribution in [-0.4, -0.2) is 28.1 Å². The van der Waals surface area contributed by atoms with E-state index >= 15 is 0 Å². The Labute approximate surface area is 146 Å². The zero-order valence-electron chi connectivity index (χ0n) is 13.2. The van der Waals surface area contributed by atoms with Crippen LogP contribution in [0.3, 0.4) is 0 Å². The molecule has 122 valence electrons. The van der Waals surface area contributed by atoms with Crippen molar-refractivity contribution in [3.63, 3.8) is 0 Å². The van der Waals surface area contributed by atoms with Crippen molar-refractivity contribution in [2.75, 3.05) is 13.1 Å². The second-order valence-electron chi connectivity index (χ2n) is 6.13. The first-order chi connectivity index (χ1) is 11.8. The first-order valence-corrected chi connectivity index (χ1v) is 8.52. The second-order valence-corrected chi connectivity index (χ2v) is 6.54. The molecule has 3 aromatic rings. The number of hydrogen-bond donors (Lipinski definition) is 0. The van der Waals surface area contributed by atoms with Crippen LogP contribution in [0, 0.1) is 0 Å². The Balaban J connectivity index is 1.44. The first kappa shape index (κ1) is 15.4. The van der Waals surface area contributed by atoms with Gasteiger partial charge in [-0.25, -0.2) is 0 Å². The lowest BCUT2D eigenvalue weighted by molar-refractivity contribution is 0.309. The van der Waals surface area contributed by atoms with Gasteiger partial charge in [0.25, 0.3) is 0 Å². The van der Waals surface area contributed by atoms with Gasteiger partial charge in [-0.3, -0.25) is 4.90 Å². The van der Waals surface area contributed by atoms with Gasteiger partial charge in [0.1, 0.15) is 0 Å². The zero-order valence-corrected chi connectivity index (χ0v) is 14.0. The third-order valence-corrected chi connectivity index (χ3v) is 4.82. The average molecular weight is 340 g/mol. The number of halogens is 1. The van der Waals surface area contributed by atoms with E-state index < -0.39 is 0 Å². The quantitative estimate of drug-likeness (QED) is 0.707. The lowest BCUT2D eigenvalue weighted by Gasteiger charge is -2.16. The largest absolute Gasteiger partial charge is 0.339 e. The molecule has 2 aromatic carbocycles. The summed E-state index contributed by atoms with van der Waals surface area (Å²) in [7, 11) is 0. The zero-order chi connectivity index (χ0) is 16.4. The summed E-state index contributed by atoms with van der Waals surface area (Å²) in [6, 6.07) is 17.9. The minimum absolute atomic E-state index is 0.289. The second kappa shape index (κ2) is 6.75. The Morgan fingerprint density at radius 1 is 1.08 bits per heavy atom. The summed E-state index contributed by atoms with van der Waals surface area (Å²) in [4.78, 5) is 6.98. The Morgan fingerprint density at radius 2 is 1.88 bits per heavy atom. The highest BCUT2D eigenvalue weighted by Crippen LogP contribution is 2.29. The predicted octanol–water partition coefficient (Wildman–Crippen LogP) is 4.38. The van der Waals surface area contributed by atoms with Crippen LogP contribution in [0.5, 0.6) is 0 Å². The van der Waals surface area contributed by atoms with Gasteiger partial charge in [-0.2, -0.15) is 4.98 Å². The lowest BCUT2D eigenvalue weighted by atomic mass is 10.1. The van der Waals surface area contributed by atoms with Crippen molar-refractivity contribution in [3.05, 3.63) is 71.1 Å². The Kier molecular flexibility index (Phi) is 4.32. The number of likely N-dealkylation sites (tertiary alicyclic amines) is 1. The standard InChI is InChI=1S/C19H18ClN3O/c20-17-9-5-4-8-15(17)12-23-11-10-16(13-23)19-21-18(22-24-19)14-6-2-1-3-7-14/h1-9,16H,10-13H2. The van der Waals surface area contributed by atoms with Gasteiger partial charge in [0.2, 0.25) is 11.7 Å². The van der Waals surface area contributed by atoms with E-state index in [1.807, 2.05) is 48.5 Å². The number of rotatable bonds is 4. The predicted molar refractivity (Wildman–Crippen MR) is 93.8 cm³/mol. The highest BCUT2D eigenvalue weighted by Gasteiger charge is 2.28. The molecule has 0 amide bonds. The van der Waals surface area contributed by atoms with E-state index in [2.05, 4.69) is 21.1 Å². The van der Waals surface area contributed by atoms with E-state index in [-0.39, 0.29) is 5.92 Å². The maximum absolute atomic E-state index is 6.26. The van der Waals surface area contributed by atoms with Gasteiger partial charge in [0.05, 0.1) is 5.92 Å². The molecule has 4 rings (SSSR count). The number of aromatic nitrogens is 2. The molecule has 0 aliphatic carbocycles. The summed E-state index contributed by atoms with van der Waals surface area (Å²) < 4.78 is 5.51. The minimum Gasteiger partial charge on any atom is -0.339 e. The maximum atomic E-state index is 6.26. The van der Waals surface area contributed by atoms with Crippen molar-refractivity contribution in [3.8, 4) is 11.4 Å². The molecule has 0 saturated carbocycles.